The number of likely N-dealkylation sites (tertiary alicyclic amines) is 1. The van der Waals surface area contributed by atoms with Gasteiger partial charge in [-0.05, 0) is 44.7 Å². The Kier molecular flexibility index (Phi) is 6.73. The molecule has 1 aromatic rings. The van der Waals surface area contributed by atoms with E-state index in [1.165, 1.54) is 19.3 Å². The van der Waals surface area contributed by atoms with Gasteiger partial charge in [0.2, 0.25) is 5.91 Å². The molecule has 5 nitrogen and oxygen atoms in total. The first-order chi connectivity index (χ1) is 13.4. The fourth-order valence-corrected chi connectivity index (χ4v) is 4.63. The lowest BCUT2D eigenvalue weighted by Crippen LogP contribution is -2.41. The van der Waals surface area contributed by atoms with Gasteiger partial charge in [-0.15, -0.1) is 0 Å². The molecule has 2 aliphatic rings. The standard InChI is InChI=1S/C23H35N3O2/c1-16(2)22(27)26-14-12-18(13-15-26)21-20(11-10-17(3)24-21)23(28)25(4)19-8-6-5-7-9-19/h10-11,16,18-19H,5-9,12-15H2,1-4H3. The van der Waals surface area contributed by atoms with Crippen LogP contribution in [0.2, 0.25) is 0 Å². The number of amides is 2. The van der Waals surface area contributed by atoms with Crippen molar-refractivity contribution < 1.29 is 9.59 Å². The number of aryl methyl sites for hydroxylation is 1. The maximum absolute atomic E-state index is 13.3. The first-order valence-corrected chi connectivity index (χ1v) is 10.9. The minimum atomic E-state index is 0.0370. The molecule has 2 amide bonds. The summed E-state index contributed by atoms with van der Waals surface area (Å²) in [4.78, 5) is 34.3. The predicted octanol–water partition coefficient (Wildman–Crippen LogP) is 4.16. The first kappa shape index (κ1) is 20.8. The lowest BCUT2D eigenvalue weighted by Gasteiger charge is -2.35. The quantitative estimate of drug-likeness (QED) is 0.782. The van der Waals surface area contributed by atoms with Crippen LogP contribution in [0.4, 0.5) is 0 Å². The number of rotatable bonds is 4. The van der Waals surface area contributed by atoms with Crippen LogP contribution < -0.4 is 0 Å². The molecule has 1 saturated heterocycles. The Morgan fingerprint density at radius 2 is 1.71 bits per heavy atom. The summed E-state index contributed by atoms with van der Waals surface area (Å²) in [7, 11) is 1.95. The molecule has 2 fully saturated rings. The van der Waals surface area contributed by atoms with E-state index in [1.807, 2.05) is 49.8 Å². The van der Waals surface area contributed by atoms with Gasteiger partial charge in [0.05, 0.1) is 11.3 Å². The van der Waals surface area contributed by atoms with Crippen molar-refractivity contribution >= 4 is 11.8 Å². The van der Waals surface area contributed by atoms with Gasteiger partial charge in [-0.2, -0.15) is 0 Å². The average molecular weight is 386 g/mol. The largest absolute Gasteiger partial charge is 0.342 e. The predicted molar refractivity (Wildman–Crippen MR) is 111 cm³/mol. The molecule has 0 bridgehead atoms. The number of carbonyl (C=O) groups is 2. The number of carbonyl (C=O) groups excluding carboxylic acids is 2. The summed E-state index contributed by atoms with van der Waals surface area (Å²) < 4.78 is 0. The Labute approximate surface area is 169 Å². The topological polar surface area (TPSA) is 53.5 Å². The molecule has 1 aliphatic carbocycles. The summed E-state index contributed by atoms with van der Waals surface area (Å²) in [5.41, 5.74) is 2.64. The third kappa shape index (κ3) is 4.56. The van der Waals surface area contributed by atoms with Gasteiger partial charge in [-0.25, -0.2) is 0 Å². The number of pyridine rings is 1. The van der Waals surface area contributed by atoms with Crippen LogP contribution in [-0.4, -0.2) is 52.8 Å². The van der Waals surface area contributed by atoms with Crippen LogP contribution >= 0.6 is 0 Å². The molecule has 1 aliphatic heterocycles. The van der Waals surface area contributed by atoms with Gasteiger partial charge in [-0.3, -0.25) is 14.6 Å². The van der Waals surface area contributed by atoms with Gasteiger partial charge >= 0.3 is 0 Å². The molecule has 0 aromatic carbocycles. The third-order valence-corrected chi connectivity index (χ3v) is 6.42. The zero-order valence-electron chi connectivity index (χ0n) is 17.9. The van der Waals surface area contributed by atoms with Gasteiger partial charge < -0.3 is 9.80 Å². The van der Waals surface area contributed by atoms with Crippen molar-refractivity contribution in [1.82, 2.24) is 14.8 Å². The van der Waals surface area contributed by atoms with Crippen molar-refractivity contribution in [2.24, 2.45) is 5.92 Å². The van der Waals surface area contributed by atoms with Crippen molar-refractivity contribution in [3.05, 3.63) is 29.1 Å². The number of hydrogen-bond acceptors (Lipinski definition) is 3. The van der Waals surface area contributed by atoms with Gasteiger partial charge in [0, 0.05) is 43.7 Å². The average Bonchev–Trinajstić information content (AvgIpc) is 2.72. The maximum atomic E-state index is 13.3. The molecule has 0 N–H and O–H groups in total. The summed E-state index contributed by atoms with van der Waals surface area (Å²) in [6, 6.07) is 4.26. The molecule has 0 radical (unpaired) electrons. The molecular weight excluding hydrogens is 350 g/mol. The van der Waals surface area contributed by atoms with Crippen LogP contribution in [0.25, 0.3) is 0 Å². The number of nitrogens with zero attached hydrogens (tertiary/aromatic N) is 3. The van der Waals surface area contributed by atoms with Crippen LogP contribution in [-0.2, 0) is 4.79 Å². The number of aromatic nitrogens is 1. The van der Waals surface area contributed by atoms with E-state index in [1.54, 1.807) is 0 Å². The van der Waals surface area contributed by atoms with E-state index < -0.39 is 0 Å². The van der Waals surface area contributed by atoms with Crippen molar-refractivity contribution in [2.75, 3.05) is 20.1 Å². The van der Waals surface area contributed by atoms with Gasteiger partial charge in [-0.1, -0.05) is 33.1 Å². The number of hydrogen-bond donors (Lipinski definition) is 0. The zero-order chi connectivity index (χ0) is 20.3. The van der Waals surface area contributed by atoms with Crippen molar-refractivity contribution in [1.29, 1.82) is 0 Å². The van der Waals surface area contributed by atoms with Gasteiger partial charge in [0.25, 0.3) is 5.91 Å². The van der Waals surface area contributed by atoms with E-state index in [4.69, 9.17) is 4.98 Å². The monoisotopic (exact) mass is 385 g/mol. The zero-order valence-corrected chi connectivity index (χ0v) is 17.9. The Morgan fingerprint density at radius 3 is 2.32 bits per heavy atom. The van der Waals surface area contributed by atoms with E-state index in [2.05, 4.69) is 0 Å². The first-order valence-electron chi connectivity index (χ1n) is 10.9. The van der Waals surface area contributed by atoms with Crippen LogP contribution in [0.5, 0.6) is 0 Å². The molecular formula is C23H35N3O2. The molecule has 2 heterocycles. The molecule has 3 rings (SSSR count). The van der Waals surface area contributed by atoms with Crippen LogP contribution in [0.3, 0.4) is 0 Å². The van der Waals surface area contributed by atoms with Crippen LogP contribution in [0, 0.1) is 12.8 Å². The summed E-state index contributed by atoms with van der Waals surface area (Å²) in [5, 5.41) is 0. The van der Waals surface area contributed by atoms with E-state index in [0.29, 0.717) is 6.04 Å². The van der Waals surface area contributed by atoms with E-state index in [-0.39, 0.29) is 23.7 Å². The van der Waals surface area contributed by atoms with E-state index in [0.717, 1.165) is 55.7 Å². The second-order valence-electron chi connectivity index (χ2n) is 8.85. The highest BCUT2D eigenvalue weighted by molar-refractivity contribution is 5.95. The van der Waals surface area contributed by atoms with Crippen LogP contribution in [0.1, 0.15) is 86.5 Å². The van der Waals surface area contributed by atoms with E-state index in [9.17, 15) is 9.59 Å². The molecule has 154 valence electrons. The SMILES string of the molecule is Cc1ccc(C(=O)N(C)C2CCCCC2)c(C2CCN(C(=O)C(C)C)CC2)n1. The highest BCUT2D eigenvalue weighted by Crippen LogP contribution is 2.31. The van der Waals surface area contributed by atoms with E-state index >= 15 is 0 Å². The number of piperidine rings is 1. The van der Waals surface area contributed by atoms with Crippen molar-refractivity contribution in [3.63, 3.8) is 0 Å². The fraction of sp³-hybridized carbons (Fsp3) is 0.696. The minimum Gasteiger partial charge on any atom is -0.342 e. The highest BCUT2D eigenvalue weighted by Gasteiger charge is 2.31. The Hall–Kier alpha value is -1.91. The molecule has 0 atom stereocenters. The normalized spacial score (nSPS) is 19.1. The molecule has 28 heavy (non-hydrogen) atoms. The van der Waals surface area contributed by atoms with Crippen LogP contribution in [0.15, 0.2) is 12.1 Å². The Bertz CT molecular complexity index is 702. The fourth-order valence-electron chi connectivity index (χ4n) is 4.63. The highest BCUT2D eigenvalue weighted by atomic mass is 16.2. The molecule has 1 saturated carbocycles. The maximum Gasteiger partial charge on any atom is 0.255 e. The second kappa shape index (κ2) is 9.06. The third-order valence-electron chi connectivity index (χ3n) is 6.42. The smallest absolute Gasteiger partial charge is 0.255 e. The van der Waals surface area contributed by atoms with Crippen molar-refractivity contribution in [3.8, 4) is 0 Å². The lowest BCUT2D eigenvalue weighted by atomic mass is 9.88. The second-order valence-corrected chi connectivity index (χ2v) is 8.85. The lowest BCUT2D eigenvalue weighted by molar-refractivity contribution is -0.135. The summed E-state index contributed by atoms with van der Waals surface area (Å²) >= 11 is 0. The molecule has 1 aromatic heterocycles. The minimum absolute atomic E-state index is 0.0370. The Balaban J connectivity index is 1.76. The molecule has 0 spiro atoms. The molecule has 5 heteroatoms. The summed E-state index contributed by atoms with van der Waals surface area (Å²) in [5.74, 6) is 0.615. The van der Waals surface area contributed by atoms with Crippen molar-refractivity contribution in [2.45, 2.75) is 77.7 Å². The molecule has 0 unspecified atom stereocenters. The Morgan fingerprint density at radius 1 is 1.07 bits per heavy atom. The summed E-state index contributed by atoms with van der Waals surface area (Å²) in [6.07, 6.45) is 7.67. The summed E-state index contributed by atoms with van der Waals surface area (Å²) in [6.45, 7) is 7.40. The van der Waals surface area contributed by atoms with Gasteiger partial charge in [0.15, 0.2) is 0 Å². The van der Waals surface area contributed by atoms with Gasteiger partial charge in [0.1, 0.15) is 0 Å².